The van der Waals surface area contributed by atoms with Crippen LogP contribution in [0.5, 0.6) is 28.7 Å². The van der Waals surface area contributed by atoms with Gasteiger partial charge >= 0.3 is 0 Å². The second-order valence-electron chi connectivity index (χ2n) is 4.96. The van der Waals surface area contributed by atoms with E-state index >= 15 is 0 Å². The molecule has 0 unspecified atom stereocenters. The molecule has 2 aromatic rings. The minimum Gasteiger partial charge on any atom is -0.493 e. The van der Waals surface area contributed by atoms with Crippen LogP contribution in [0.1, 0.15) is 5.56 Å². The van der Waals surface area contributed by atoms with E-state index in [0.717, 1.165) is 22.7 Å². The van der Waals surface area contributed by atoms with Gasteiger partial charge in [0.1, 0.15) is 0 Å². The van der Waals surface area contributed by atoms with E-state index in [4.69, 9.17) is 23.7 Å². The average Bonchev–Trinajstić information content (AvgIpc) is 3.06. The maximum absolute atomic E-state index is 5.39. The third kappa shape index (κ3) is 3.06. The van der Waals surface area contributed by atoms with Crippen molar-refractivity contribution in [2.45, 2.75) is 6.54 Å². The number of ether oxygens (including phenoxy) is 5. The van der Waals surface area contributed by atoms with Crippen LogP contribution in [0.4, 0.5) is 5.69 Å². The first-order valence-corrected chi connectivity index (χ1v) is 7.17. The largest absolute Gasteiger partial charge is 0.493 e. The molecular weight excluding hydrogens is 298 g/mol. The van der Waals surface area contributed by atoms with E-state index in [1.54, 1.807) is 21.3 Å². The first-order valence-electron chi connectivity index (χ1n) is 7.17. The van der Waals surface area contributed by atoms with Gasteiger partial charge in [0, 0.05) is 24.4 Å². The molecule has 0 radical (unpaired) electrons. The lowest BCUT2D eigenvalue weighted by atomic mass is 10.2. The lowest BCUT2D eigenvalue weighted by molar-refractivity contribution is 0.174. The molecule has 1 aliphatic rings. The molecule has 0 fully saturated rings. The standard InChI is InChI=1S/C17H19NO5/c1-19-15-7-12(8-16(20-2)17(15)21-3)18-9-11-4-5-13-14(6-11)23-10-22-13/h4-8,18H,9-10H2,1-3H3. The summed E-state index contributed by atoms with van der Waals surface area (Å²) in [6, 6.07) is 9.61. The van der Waals surface area contributed by atoms with Gasteiger partial charge in [-0.05, 0) is 17.7 Å². The van der Waals surface area contributed by atoms with E-state index in [1.807, 2.05) is 30.3 Å². The molecule has 1 aliphatic heterocycles. The highest BCUT2D eigenvalue weighted by molar-refractivity contribution is 5.62. The predicted octanol–water partition coefficient (Wildman–Crippen LogP) is 3.05. The summed E-state index contributed by atoms with van der Waals surface area (Å²) in [4.78, 5) is 0. The minimum atomic E-state index is 0.277. The molecule has 6 heteroatoms. The fourth-order valence-corrected chi connectivity index (χ4v) is 2.44. The minimum absolute atomic E-state index is 0.277. The maximum atomic E-state index is 5.39. The van der Waals surface area contributed by atoms with E-state index in [-0.39, 0.29) is 6.79 Å². The summed E-state index contributed by atoms with van der Waals surface area (Å²) in [6.45, 7) is 0.911. The predicted molar refractivity (Wildman–Crippen MR) is 86.0 cm³/mol. The molecule has 23 heavy (non-hydrogen) atoms. The fourth-order valence-electron chi connectivity index (χ4n) is 2.44. The van der Waals surface area contributed by atoms with Gasteiger partial charge in [-0.2, -0.15) is 0 Å². The van der Waals surface area contributed by atoms with Gasteiger partial charge < -0.3 is 29.0 Å². The quantitative estimate of drug-likeness (QED) is 0.884. The van der Waals surface area contributed by atoms with E-state index in [0.29, 0.717) is 23.8 Å². The summed E-state index contributed by atoms with van der Waals surface area (Å²) >= 11 is 0. The summed E-state index contributed by atoms with van der Waals surface area (Å²) < 4.78 is 26.7. The third-order valence-electron chi connectivity index (χ3n) is 3.60. The van der Waals surface area contributed by atoms with Crippen molar-refractivity contribution < 1.29 is 23.7 Å². The van der Waals surface area contributed by atoms with Crippen molar-refractivity contribution >= 4 is 5.69 Å². The van der Waals surface area contributed by atoms with E-state index in [2.05, 4.69) is 5.32 Å². The van der Waals surface area contributed by atoms with Crippen LogP contribution < -0.4 is 29.0 Å². The SMILES string of the molecule is COc1cc(NCc2ccc3c(c2)OCO3)cc(OC)c1OC. The first-order chi connectivity index (χ1) is 11.2. The molecule has 1 N–H and O–H groups in total. The molecule has 0 aromatic heterocycles. The number of hydrogen-bond donors (Lipinski definition) is 1. The highest BCUT2D eigenvalue weighted by Gasteiger charge is 2.15. The Morgan fingerprint density at radius 2 is 1.61 bits per heavy atom. The molecule has 2 aromatic carbocycles. The van der Waals surface area contributed by atoms with Gasteiger partial charge in [0.15, 0.2) is 23.0 Å². The number of benzene rings is 2. The zero-order chi connectivity index (χ0) is 16.2. The van der Waals surface area contributed by atoms with Gasteiger partial charge in [-0.25, -0.2) is 0 Å². The Balaban J connectivity index is 1.77. The zero-order valence-corrected chi connectivity index (χ0v) is 13.3. The normalized spacial score (nSPS) is 12.0. The van der Waals surface area contributed by atoms with Gasteiger partial charge in [-0.3, -0.25) is 0 Å². The van der Waals surface area contributed by atoms with E-state index in [9.17, 15) is 0 Å². The van der Waals surface area contributed by atoms with Crippen molar-refractivity contribution in [3.05, 3.63) is 35.9 Å². The summed E-state index contributed by atoms with van der Waals surface area (Å²) in [5.41, 5.74) is 1.96. The monoisotopic (exact) mass is 317 g/mol. The van der Waals surface area contributed by atoms with Gasteiger partial charge in [-0.1, -0.05) is 6.07 Å². The molecule has 3 rings (SSSR count). The number of hydrogen-bond acceptors (Lipinski definition) is 6. The second kappa shape index (κ2) is 6.56. The Hall–Kier alpha value is -2.76. The van der Waals surface area contributed by atoms with Crippen LogP contribution in [-0.4, -0.2) is 28.1 Å². The topological polar surface area (TPSA) is 58.2 Å². The molecule has 6 nitrogen and oxygen atoms in total. The Bertz CT molecular complexity index is 676. The van der Waals surface area contributed by atoms with Gasteiger partial charge in [0.25, 0.3) is 0 Å². The van der Waals surface area contributed by atoms with Crippen LogP contribution in [0, 0.1) is 0 Å². The van der Waals surface area contributed by atoms with Crippen LogP contribution in [-0.2, 0) is 6.54 Å². The molecule has 0 atom stereocenters. The first kappa shape index (κ1) is 15.1. The number of rotatable bonds is 6. The Morgan fingerprint density at radius 1 is 0.913 bits per heavy atom. The van der Waals surface area contributed by atoms with Gasteiger partial charge in [0.2, 0.25) is 12.5 Å². The lowest BCUT2D eigenvalue weighted by Crippen LogP contribution is -2.02. The smallest absolute Gasteiger partial charge is 0.231 e. The molecule has 0 bridgehead atoms. The average molecular weight is 317 g/mol. The zero-order valence-electron chi connectivity index (χ0n) is 13.3. The molecular formula is C17H19NO5. The van der Waals surface area contributed by atoms with Crippen LogP contribution >= 0.6 is 0 Å². The fraction of sp³-hybridized carbons (Fsp3) is 0.294. The summed E-state index contributed by atoms with van der Waals surface area (Å²) in [6.07, 6.45) is 0. The molecule has 0 spiro atoms. The summed E-state index contributed by atoms with van der Waals surface area (Å²) in [5.74, 6) is 3.35. The third-order valence-corrected chi connectivity index (χ3v) is 3.60. The number of nitrogens with one attached hydrogen (secondary N) is 1. The van der Waals surface area contributed by atoms with Crippen molar-refractivity contribution in [3.63, 3.8) is 0 Å². The van der Waals surface area contributed by atoms with Gasteiger partial charge in [0.05, 0.1) is 21.3 Å². The Morgan fingerprint density at radius 3 is 2.26 bits per heavy atom. The summed E-state index contributed by atoms with van der Waals surface area (Å²) in [5, 5.41) is 3.34. The van der Waals surface area contributed by atoms with Crippen molar-refractivity contribution in [1.29, 1.82) is 0 Å². The molecule has 0 amide bonds. The molecule has 1 heterocycles. The lowest BCUT2D eigenvalue weighted by Gasteiger charge is -2.15. The molecule has 0 saturated carbocycles. The van der Waals surface area contributed by atoms with Crippen LogP contribution in [0.2, 0.25) is 0 Å². The van der Waals surface area contributed by atoms with Crippen LogP contribution in [0.25, 0.3) is 0 Å². The Labute approximate surface area is 134 Å². The highest BCUT2D eigenvalue weighted by Crippen LogP contribution is 2.40. The summed E-state index contributed by atoms with van der Waals surface area (Å²) in [7, 11) is 4.78. The molecule has 0 aliphatic carbocycles. The van der Waals surface area contributed by atoms with Crippen molar-refractivity contribution in [3.8, 4) is 28.7 Å². The van der Waals surface area contributed by atoms with Gasteiger partial charge in [-0.15, -0.1) is 0 Å². The molecule has 122 valence electrons. The number of fused-ring (bicyclic) bond motifs is 1. The number of methoxy groups -OCH3 is 3. The maximum Gasteiger partial charge on any atom is 0.231 e. The Kier molecular flexibility index (Phi) is 4.32. The van der Waals surface area contributed by atoms with Crippen molar-refractivity contribution in [2.75, 3.05) is 33.4 Å². The molecule has 0 saturated heterocycles. The second-order valence-corrected chi connectivity index (χ2v) is 4.96. The van der Waals surface area contributed by atoms with E-state index in [1.165, 1.54) is 0 Å². The van der Waals surface area contributed by atoms with Crippen LogP contribution in [0.15, 0.2) is 30.3 Å². The van der Waals surface area contributed by atoms with Crippen LogP contribution in [0.3, 0.4) is 0 Å². The highest BCUT2D eigenvalue weighted by atomic mass is 16.7. The van der Waals surface area contributed by atoms with E-state index < -0.39 is 0 Å². The van der Waals surface area contributed by atoms with Crippen molar-refractivity contribution in [2.24, 2.45) is 0 Å². The van der Waals surface area contributed by atoms with Crippen molar-refractivity contribution in [1.82, 2.24) is 0 Å². The number of anilines is 1.